The molecule has 0 bridgehead atoms. The van der Waals surface area contributed by atoms with Gasteiger partial charge in [0.1, 0.15) is 4.60 Å². The first-order valence-electron chi connectivity index (χ1n) is 6.13. The van der Waals surface area contributed by atoms with E-state index in [1.807, 2.05) is 37.4 Å². The van der Waals surface area contributed by atoms with Gasteiger partial charge in [-0.1, -0.05) is 0 Å². The van der Waals surface area contributed by atoms with Gasteiger partial charge in [-0.05, 0) is 52.7 Å². The SMILES string of the molecule is Cc1cc2c(cc1-c1ccc3nc(Br)cn3n1)OCO2. The molecule has 2 aromatic heterocycles. The van der Waals surface area contributed by atoms with E-state index in [0.29, 0.717) is 0 Å². The molecule has 0 amide bonds. The van der Waals surface area contributed by atoms with Gasteiger partial charge in [-0.25, -0.2) is 9.50 Å². The Morgan fingerprint density at radius 2 is 2.00 bits per heavy atom. The number of hydrogen-bond acceptors (Lipinski definition) is 4. The van der Waals surface area contributed by atoms with Crippen LogP contribution in [-0.2, 0) is 0 Å². The molecule has 0 unspecified atom stereocenters. The Balaban J connectivity index is 1.90. The molecule has 1 aliphatic rings. The van der Waals surface area contributed by atoms with Gasteiger partial charge >= 0.3 is 0 Å². The zero-order valence-corrected chi connectivity index (χ0v) is 12.2. The van der Waals surface area contributed by atoms with Crippen LogP contribution in [0.15, 0.2) is 35.1 Å². The van der Waals surface area contributed by atoms with E-state index >= 15 is 0 Å². The minimum absolute atomic E-state index is 0.277. The van der Waals surface area contributed by atoms with Crippen molar-refractivity contribution in [2.45, 2.75) is 6.92 Å². The van der Waals surface area contributed by atoms with E-state index in [-0.39, 0.29) is 6.79 Å². The molecule has 0 atom stereocenters. The first kappa shape index (κ1) is 11.7. The number of hydrogen-bond donors (Lipinski definition) is 0. The van der Waals surface area contributed by atoms with Gasteiger partial charge < -0.3 is 9.47 Å². The molecule has 5 nitrogen and oxygen atoms in total. The Morgan fingerprint density at radius 1 is 1.20 bits per heavy atom. The van der Waals surface area contributed by atoms with Gasteiger partial charge in [0.05, 0.1) is 11.9 Å². The van der Waals surface area contributed by atoms with Crippen molar-refractivity contribution in [3.63, 3.8) is 0 Å². The van der Waals surface area contributed by atoms with Crippen molar-refractivity contribution in [3.8, 4) is 22.8 Å². The molecular weight excluding hydrogens is 322 g/mol. The third-order valence-electron chi connectivity index (χ3n) is 3.29. The monoisotopic (exact) mass is 331 g/mol. The fourth-order valence-corrected chi connectivity index (χ4v) is 2.69. The summed E-state index contributed by atoms with van der Waals surface area (Å²) in [6.07, 6.45) is 1.83. The second kappa shape index (κ2) is 4.21. The molecule has 6 heteroatoms. The molecule has 0 fully saturated rings. The van der Waals surface area contributed by atoms with Crippen LogP contribution in [0.2, 0.25) is 0 Å². The lowest BCUT2D eigenvalue weighted by Crippen LogP contribution is -1.94. The summed E-state index contributed by atoms with van der Waals surface area (Å²) >= 11 is 3.35. The Labute approximate surface area is 123 Å². The molecule has 0 saturated carbocycles. The lowest BCUT2D eigenvalue weighted by Gasteiger charge is -2.07. The molecule has 0 spiro atoms. The number of nitrogens with zero attached hydrogens (tertiary/aromatic N) is 3. The molecule has 1 aromatic carbocycles. The summed E-state index contributed by atoms with van der Waals surface area (Å²) in [5, 5.41) is 4.58. The van der Waals surface area contributed by atoms with Gasteiger partial charge in [0.25, 0.3) is 0 Å². The Hall–Kier alpha value is -2.08. The number of aryl methyl sites for hydroxylation is 1. The molecule has 3 heterocycles. The summed E-state index contributed by atoms with van der Waals surface area (Å²) in [5.41, 5.74) is 3.80. The maximum Gasteiger partial charge on any atom is 0.231 e. The second-order valence-corrected chi connectivity index (χ2v) is 5.42. The van der Waals surface area contributed by atoms with Crippen LogP contribution >= 0.6 is 15.9 Å². The number of ether oxygens (including phenoxy) is 2. The van der Waals surface area contributed by atoms with Crippen LogP contribution in [0, 0.1) is 6.92 Å². The minimum atomic E-state index is 0.277. The first-order valence-corrected chi connectivity index (χ1v) is 6.92. The Morgan fingerprint density at radius 3 is 2.85 bits per heavy atom. The summed E-state index contributed by atoms with van der Waals surface area (Å²) in [6, 6.07) is 7.85. The molecule has 4 rings (SSSR count). The highest BCUT2D eigenvalue weighted by molar-refractivity contribution is 9.10. The van der Waals surface area contributed by atoms with E-state index in [1.54, 1.807) is 4.52 Å². The zero-order valence-electron chi connectivity index (χ0n) is 10.6. The normalized spacial score (nSPS) is 13.1. The number of rotatable bonds is 1. The smallest absolute Gasteiger partial charge is 0.231 e. The van der Waals surface area contributed by atoms with Gasteiger partial charge in [0, 0.05) is 5.56 Å². The fourth-order valence-electron chi connectivity index (χ4n) is 2.32. The second-order valence-electron chi connectivity index (χ2n) is 4.61. The Kier molecular flexibility index (Phi) is 2.47. The van der Waals surface area contributed by atoms with Crippen LogP contribution in [-0.4, -0.2) is 21.4 Å². The molecule has 0 N–H and O–H groups in total. The van der Waals surface area contributed by atoms with E-state index in [2.05, 4.69) is 26.0 Å². The number of halogens is 1. The highest BCUT2D eigenvalue weighted by Gasteiger charge is 2.17. The first-order chi connectivity index (χ1) is 9.70. The van der Waals surface area contributed by atoms with Gasteiger partial charge in [-0.3, -0.25) is 0 Å². The average molecular weight is 332 g/mol. The number of benzene rings is 1. The molecular formula is C14H10BrN3O2. The van der Waals surface area contributed by atoms with Crippen LogP contribution in [0.1, 0.15) is 5.56 Å². The minimum Gasteiger partial charge on any atom is -0.454 e. The molecule has 3 aromatic rings. The van der Waals surface area contributed by atoms with Crippen LogP contribution < -0.4 is 9.47 Å². The van der Waals surface area contributed by atoms with Crippen molar-refractivity contribution in [1.29, 1.82) is 0 Å². The molecule has 0 saturated heterocycles. The predicted molar refractivity (Wildman–Crippen MR) is 77.0 cm³/mol. The predicted octanol–water partition coefficient (Wildman–Crippen LogP) is 3.20. The fraction of sp³-hybridized carbons (Fsp3) is 0.143. The lowest BCUT2D eigenvalue weighted by molar-refractivity contribution is 0.174. The summed E-state index contributed by atoms with van der Waals surface area (Å²) in [5.74, 6) is 1.55. The van der Waals surface area contributed by atoms with E-state index in [1.165, 1.54) is 0 Å². The highest BCUT2D eigenvalue weighted by atomic mass is 79.9. The molecule has 0 aliphatic carbocycles. The van der Waals surface area contributed by atoms with E-state index in [0.717, 1.165) is 38.6 Å². The van der Waals surface area contributed by atoms with E-state index in [4.69, 9.17) is 9.47 Å². The van der Waals surface area contributed by atoms with Gasteiger partial charge in [0.15, 0.2) is 17.1 Å². The van der Waals surface area contributed by atoms with Crippen molar-refractivity contribution in [2.75, 3.05) is 6.79 Å². The zero-order chi connectivity index (χ0) is 13.7. The number of imidazole rings is 1. The summed E-state index contributed by atoms with van der Waals surface area (Å²) < 4.78 is 13.3. The average Bonchev–Trinajstić information content (AvgIpc) is 3.01. The van der Waals surface area contributed by atoms with Gasteiger partial charge in [-0.2, -0.15) is 5.10 Å². The van der Waals surface area contributed by atoms with Crippen molar-refractivity contribution in [3.05, 3.63) is 40.6 Å². The van der Waals surface area contributed by atoms with Gasteiger partial charge in [-0.15, -0.1) is 0 Å². The lowest BCUT2D eigenvalue weighted by atomic mass is 10.0. The van der Waals surface area contributed by atoms with Crippen molar-refractivity contribution in [1.82, 2.24) is 14.6 Å². The van der Waals surface area contributed by atoms with E-state index in [9.17, 15) is 0 Å². The quantitative estimate of drug-likeness (QED) is 0.687. The Bertz CT molecular complexity index is 829. The molecule has 20 heavy (non-hydrogen) atoms. The summed E-state index contributed by atoms with van der Waals surface area (Å²) in [4.78, 5) is 4.30. The van der Waals surface area contributed by atoms with Crippen molar-refractivity contribution < 1.29 is 9.47 Å². The maximum atomic E-state index is 5.43. The van der Waals surface area contributed by atoms with Crippen LogP contribution in [0.4, 0.5) is 0 Å². The van der Waals surface area contributed by atoms with Crippen LogP contribution in [0.5, 0.6) is 11.5 Å². The van der Waals surface area contributed by atoms with Crippen LogP contribution in [0.3, 0.4) is 0 Å². The largest absolute Gasteiger partial charge is 0.454 e. The highest BCUT2D eigenvalue weighted by Crippen LogP contribution is 2.37. The van der Waals surface area contributed by atoms with E-state index < -0.39 is 0 Å². The summed E-state index contributed by atoms with van der Waals surface area (Å²) in [6.45, 7) is 2.31. The van der Waals surface area contributed by atoms with Crippen molar-refractivity contribution >= 4 is 21.6 Å². The standard InChI is InChI=1S/C14H10BrN3O2/c1-8-4-11-12(20-7-19-11)5-9(8)10-2-3-14-16-13(15)6-18(14)17-10/h2-6H,7H2,1H3. The third-order valence-corrected chi connectivity index (χ3v) is 3.67. The topological polar surface area (TPSA) is 48.7 Å². The number of fused-ring (bicyclic) bond motifs is 2. The molecule has 1 aliphatic heterocycles. The van der Waals surface area contributed by atoms with Crippen LogP contribution in [0.25, 0.3) is 16.9 Å². The maximum absolute atomic E-state index is 5.43. The van der Waals surface area contributed by atoms with Gasteiger partial charge in [0.2, 0.25) is 6.79 Å². The number of aromatic nitrogens is 3. The molecule has 0 radical (unpaired) electrons. The summed E-state index contributed by atoms with van der Waals surface area (Å²) in [7, 11) is 0. The molecule has 100 valence electrons. The van der Waals surface area contributed by atoms with Crippen molar-refractivity contribution in [2.24, 2.45) is 0 Å². The third kappa shape index (κ3) is 1.76.